The van der Waals surface area contributed by atoms with Crippen molar-refractivity contribution in [3.8, 4) is 0 Å². The van der Waals surface area contributed by atoms with E-state index < -0.39 is 17.6 Å². The minimum atomic E-state index is -0.784. The highest BCUT2D eigenvalue weighted by Crippen LogP contribution is 2.07. The van der Waals surface area contributed by atoms with Crippen LogP contribution in [-0.2, 0) is 14.3 Å². The van der Waals surface area contributed by atoms with Gasteiger partial charge >= 0.3 is 11.8 Å². The molecule has 1 atom stereocenters. The summed E-state index contributed by atoms with van der Waals surface area (Å²) in [5.74, 6) is -1.79. The first-order chi connectivity index (χ1) is 9.06. The third-order valence-electron chi connectivity index (χ3n) is 2.69. The average molecular weight is 267 g/mol. The first kappa shape index (κ1) is 13.4. The molecule has 1 aliphatic rings. The van der Waals surface area contributed by atoms with E-state index in [1.165, 1.54) is 11.0 Å². The lowest BCUT2D eigenvalue weighted by atomic mass is 10.3. The van der Waals surface area contributed by atoms with Gasteiger partial charge in [-0.25, -0.2) is 9.37 Å². The Labute approximate surface area is 109 Å². The smallest absolute Gasteiger partial charge is 0.315 e. The molecule has 0 radical (unpaired) electrons. The van der Waals surface area contributed by atoms with Gasteiger partial charge in [-0.05, 0) is 19.1 Å². The van der Waals surface area contributed by atoms with Gasteiger partial charge < -0.3 is 15.0 Å². The predicted octanol–water partition coefficient (Wildman–Crippen LogP) is 0.406. The lowest BCUT2D eigenvalue weighted by molar-refractivity contribution is -0.147. The number of amides is 2. The van der Waals surface area contributed by atoms with Crippen LogP contribution in [0.2, 0.25) is 0 Å². The van der Waals surface area contributed by atoms with Crippen molar-refractivity contribution in [2.45, 2.75) is 13.0 Å². The van der Waals surface area contributed by atoms with E-state index in [-0.39, 0.29) is 11.9 Å². The molecule has 1 saturated heterocycles. The number of hydrogen-bond donors (Lipinski definition) is 1. The highest BCUT2D eigenvalue weighted by Gasteiger charge is 2.26. The summed E-state index contributed by atoms with van der Waals surface area (Å²) in [6.07, 6.45) is 0.881. The Kier molecular flexibility index (Phi) is 4.06. The van der Waals surface area contributed by atoms with Crippen molar-refractivity contribution in [2.24, 2.45) is 0 Å². The van der Waals surface area contributed by atoms with Crippen molar-refractivity contribution in [3.63, 3.8) is 0 Å². The summed E-state index contributed by atoms with van der Waals surface area (Å²) in [5, 5.41) is 2.33. The number of nitrogens with one attached hydrogen (secondary N) is 1. The van der Waals surface area contributed by atoms with Gasteiger partial charge in [0.15, 0.2) is 0 Å². The van der Waals surface area contributed by atoms with Gasteiger partial charge in [-0.2, -0.15) is 0 Å². The lowest BCUT2D eigenvalue weighted by Crippen LogP contribution is -2.48. The SMILES string of the molecule is CC1CN(C(=O)C(=O)Nc2ccc(F)cn2)CCO1. The Morgan fingerprint density at radius 1 is 1.53 bits per heavy atom. The second-order valence-electron chi connectivity index (χ2n) is 4.25. The molecule has 102 valence electrons. The summed E-state index contributed by atoms with van der Waals surface area (Å²) < 4.78 is 17.9. The molecule has 19 heavy (non-hydrogen) atoms. The fourth-order valence-electron chi connectivity index (χ4n) is 1.77. The van der Waals surface area contributed by atoms with Crippen LogP contribution in [0.25, 0.3) is 0 Å². The topological polar surface area (TPSA) is 71.5 Å². The molecule has 0 spiro atoms. The van der Waals surface area contributed by atoms with Crippen LogP contribution in [0.5, 0.6) is 0 Å². The highest BCUT2D eigenvalue weighted by atomic mass is 19.1. The average Bonchev–Trinajstić information content (AvgIpc) is 2.40. The van der Waals surface area contributed by atoms with Crippen molar-refractivity contribution in [1.29, 1.82) is 0 Å². The number of hydrogen-bond acceptors (Lipinski definition) is 4. The van der Waals surface area contributed by atoms with E-state index in [9.17, 15) is 14.0 Å². The number of pyridine rings is 1. The van der Waals surface area contributed by atoms with Crippen molar-refractivity contribution < 1.29 is 18.7 Å². The number of anilines is 1. The summed E-state index contributed by atoms with van der Waals surface area (Å²) in [5.41, 5.74) is 0. The molecule has 1 unspecified atom stereocenters. The summed E-state index contributed by atoms with van der Waals surface area (Å²) in [6.45, 7) is 3.00. The molecule has 0 aliphatic carbocycles. The Morgan fingerprint density at radius 3 is 2.95 bits per heavy atom. The molecule has 0 aromatic carbocycles. The van der Waals surface area contributed by atoms with E-state index in [0.29, 0.717) is 19.7 Å². The van der Waals surface area contributed by atoms with E-state index in [1.807, 2.05) is 6.92 Å². The number of halogens is 1. The van der Waals surface area contributed by atoms with Gasteiger partial charge in [-0.1, -0.05) is 0 Å². The molecule has 1 aromatic heterocycles. The quantitative estimate of drug-likeness (QED) is 0.748. The van der Waals surface area contributed by atoms with E-state index in [0.717, 1.165) is 12.3 Å². The summed E-state index contributed by atoms with van der Waals surface area (Å²) >= 11 is 0. The number of carbonyl (C=O) groups excluding carboxylic acids is 2. The van der Waals surface area contributed by atoms with E-state index in [4.69, 9.17) is 4.74 Å². The fourth-order valence-corrected chi connectivity index (χ4v) is 1.77. The van der Waals surface area contributed by atoms with Crippen LogP contribution < -0.4 is 5.32 Å². The van der Waals surface area contributed by atoms with Crippen molar-refractivity contribution in [3.05, 3.63) is 24.1 Å². The van der Waals surface area contributed by atoms with Gasteiger partial charge in [0.1, 0.15) is 11.6 Å². The maximum atomic E-state index is 12.7. The number of nitrogens with zero attached hydrogens (tertiary/aromatic N) is 2. The van der Waals surface area contributed by atoms with Gasteiger partial charge in [-0.15, -0.1) is 0 Å². The van der Waals surface area contributed by atoms with Gasteiger partial charge in [-0.3, -0.25) is 9.59 Å². The lowest BCUT2D eigenvalue weighted by Gasteiger charge is -2.30. The number of aromatic nitrogens is 1. The molecule has 1 aliphatic heterocycles. The van der Waals surface area contributed by atoms with Gasteiger partial charge in [0.2, 0.25) is 0 Å². The molecule has 0 saturated carbocycles. The third-order valence-corrected chi connectivity index (χ3v) is 2.69. The molecular formula is C12H14FN3O3. The van der Waals surface area contributed by atoms with Crippen molar-refractivity contribution >= 4 is 17.6 Å². The molecule has 1 aromatic rings. The van der Waals surface area contributed by atoms with E-state index in [1.54, 1.807) is 0 Å². The Balaban J connectivity index is 1.95. The van der Waals surface area contributed by atoms with Crippen LogP contribution in [0, 0.1) is 5.82 Å². The maximum absolute atomic E-state index is 12.7. The van der Waals surface area contributed by atoms with Crippen LogP contribution in [0.1, 0.15) is 6.92 Å². The van der Waals surface area contributed by atoms with Crippen LogP contribution >= 0.6 is 0 Å². The van der Waals surface area contributed by atoms with Gasteiger partial charge in [0.05, 0.1) is 18.9 Å². The predicted molar refractivity (Wildman–Crippen MR) is 64.8 cm³/mol. The minimum Gasteiger partial charge on any atom is -0.375 e. The number of rotatable bonds is 1. The Bertz CT molecular complexity index is 478. The molecule has 0 bridgehead atoms. The molecular weight excluding hydrogens is 253 g/mol. The summed E-state index contributed by atoms with van der Waals surface area (Å²) in [6, 6.07) is 2.45. The summed E-state index contributed by atoms with van der Waals surface area (Å²) in [7, 11) is 0. The second kappa shape index (κ2) is 5.75. The maximum Gasteiger partial charge on any atom is 0.315 e. The zero-order chi connectivity index (χ0) is 13.8. The standard InChI is InChI=1S/C12H14FN3O3/c1-8-7-16(4-5-19-8)12(18)11(17)15-10-3-2-9(13)6-14-10/h2-3,6,8H,4-5,7H2,1H3,(H,14,15,17). The first-order valence-electron chi connectivity index (χ1n) is 5.89. The molecule has 2 heterocycles. The number of carbonyl (C=O) groups is 2. The van der Waals surface area contributed by atoms with Crippen molar-refractivity contribution in [1.82, 2.24) is 9.88 Å². The van der Waals surface area contributed by atoms with Gasteiger partial charge in [0.25, 0.3) is 0 Å². The van der Waals surface area contributed by atoms with Crippen molar-refractivity contribution in [2.75, 3.05) is 25.0 Å². The second-order valence-corrected chi connectivity index (χ2v) is 4.25. The number of ether oxygens (including phenoxy) is 1. The molecule has 7 heteroatoms. The zero-order valence-electron chi connectivity index (χ0n) is 10.4. The van der Waals surface area contributed by atoms with E-state index in [2.05, 4.69) is 10.3 Å². The molecule has 6 nitrogen and oxygen atoms in total. The van der Waals surface area contributed by atoms with Crippen LogP contribution in [0.4, 0.5) is 10.2 Å². The Hall–Kier alpha value is -2.02. The highest BCUT2D eigenvalue weighted by molar-refractivity contribution is 6.39. The molecule has 1 fully saturated rings. The minimum absolute atomic E-state index is 0.0885. The monoisotopic (exact) mass is 267 g/mol. The molecule has 1 N–H and O–H groups in total. The molecule has 2 amide bonds. The zero-order valence-corrected chi connectivity index (χ0v) is 10.4. The van der Waals surface area contributed by atoms with Crippen LogP contribution in [-0.4, -0.2) is 47.5 Å². The summed E-state index contributed by atoms with van der Waals surface area (Å²) in [4.78, 5) is 28.7. The first-order valence-corrected chi connectivity index (χ1v) is 5.89. The normalized spacial score (nSPS) is 19.1. The third kappa shape index (κ3) is 3.47. The largest absolute Gasteiger partial charge is 0.375 e. The van der Waals surface area contributed by atoms with Crippen LogP contribution in [0.3, 0.4) is 0 Å². The fraction of sp³-hybridized carbons (Fsp3) is 0.417. The van der Waals surface area contributed by atoms with Crippen LogP contribution in [0.15, 0.2) is 18.3 Å². The van der Waals surface area contributed by atoms with Gasteiger partial charge in [0, 0.05) is 13.1 Å². The molecule has 2 rings (SSSR count). The Morgan fingerprint density at radius 2 is 2.32 bits per heavy atom. The van der Waals surface area contributed by atoms with E-state index >= 15 is 0 Å². The number of morpholine rings is 1.